The molecule has 27 heteroatoms. The molecule has 0 heterocycles. The molecule has 0 fully saturated rings. The van der Waals surface area contributed by atoms with Crippen LogP contribution in [0, 0.1) is 0 Å². The van der Waals surface area contributed by atoms with E-state index in [9.17, 15) is 71.1 Å². The van der Waals surface area contributed by atoms with E-state index in [2.05, 4.69) is 9.47 Å². The summed E-state index contributed by atoms with van der Waals surface area (Å²) < 4.78 is 229. The normalized spacial score (nSPS) is 13.3. The fourth-order valence-corrected chi connectivity index (χ4v) is 3.04. The molecule has 0 aromatic rings. The van der Waals surface area contributed by atoms with E-state index in [-0.39, 0.29) is 106 Å². The van der Waals surface area contributed by atoms with E-state index in [1.165, 1.54) is 0 Å². The van der Waals surface area contributed by atoms with Gasteiger partial charge in [0.25, 0.3) is 0 Å². The number of alkyl halides is 14. The molecular weight excluding hydrogens is 810 g/mol. The molecule has 13 nitrogen and oxygen atoms in total. The van der Waals surface area contributed by atoms with Gasteiger partial charge in [-0.15, -0.1) is 0 Å². The third kappa shape index (κ3) is 20.0. The molecule has 0 N–H and O–H groups in total. The highest BCUT2D eigenvalue weighted by Gasteiger charge is 2.78. The molecule has 0 unspecified atom stereocenters. The topological polar surface area (TPSA) is 136 Å². The predicted octanol–water partition coefficient (Wildman–Crippen LogP) is 3.89. The second kappa shape index (κ2) is 26.5. The van der Waals surface area contributed by atoms with Gasteiger partial charge in [-0.05, 0) is 0 Å². The summed E-state index contributed by atoms with van der Waals surface area (Å²) in [7, 11) is 0. The highest BCUT2D eigenvalue weighted by molar-refractivity contribution is 5.79. The van der Waals surface area contributed by atoms with Crippen LogP contribution in [0.4, 0.5) is 61.5 Å². The third-order valence-corrected chi connectivity index (χ3v) is 5.91. The zero-order chi connectivity index (χ0) is 42.1. The predicted molar refractivity (Wildman–Crippen MR) is 151 cm³/mol. The SMILES string of the molecule is O=C(OCCOCCOCCOCCOCCOCCOCCOCCOCCOCCOC(=O)C(F)(F)C(F)(F)C(F)(F)F)C(F)(F)C(F)(F)C(F)(F)F. The molecule has 0 aliphatic rings. The summed E-state index contributed by atoms with van der Waals surface area (Å²) in [6.07, 6.45) is -13.3. The fourth-order valence-electron chi connectivity index (χ4n) is 3.04. The van der Waals surface area contributed by atoms with Crippen molar-refractivity contribution in [3.63, 3.8) is 0 Å². The van der Waals surface area contributed by atoms with Crippen LogP contribution in [0.5, 0.6) is 0 Å². The van der Waals surface area contributed by atoms with E-state index in [0.29, 0.717) is 0 Å². The Balaban J connectivity index is 3.44. The first-order valence-electron chi connectivity index (χ1n) is 15.7. The summed E-state index contributed by atoms with van der Waals surface area (Å²) in [5, 5.41) is 0. The van der Waals surface area contributed by atoms with Gasteiger partial charge in [-0.2, -0.15) is 61.5 Å². The number of carbonyl (C=O) groups excluding carboxylic acids is 2. The lowest BCUT2D eigenvalue weighted by Gasteiger charge is -2.26. The van der Waals surface area contributed by atoms with Crippen molar-refractivity contribution in [1.82, 2.24) is 0 Å². The molecule has 55 heavy (non-hydrogen) atoms. The standard InChI is InChI=1S/C28H40F14O13/c29-23(30,25(33,34)27(37,38)39)21(43)54-19-17-52-15-13-50-11-9-48-7-5-46-3-1-45-2-4-47-6-8-49-10-12-51-14-16-53-18-20-55-22(44)24(31,32)26(35,36)28(40,41)42/h1-20H2. The van der Waals surface area contributed by atoms with Crippen molar-refractivity contribution in [2.45, 2.75) is 36.0 Å². The highest BCUT2D eigenvalue weighted by Crippen LogP contribution is 2.48. The van der Waals surface area contributed by atoms with E-state index in [1.807, 2.05) is 0 Å². The fraction of sp³-hybridized carbons (Fsp3) is 0.929. The number of halogens is 14. The van der Waals surface area contributed by atoms with Gasteiger partial charge in [0.05, 0.1) is 119 Å². The Kier molecular flexibility index (Phi) is 25.3. The molecule has 0 saturated heterocycles. The molecule has 0 aliphatic heterocycles. The van der Waals surface area contributed by atoms with Gasteiger partial charge < -0.3 is 52.1 Å². The second-order valence-corrected chi connectivity index (χ2v) is 10.1. The van der Waals surface area contributed by atoms with Crippen molar-refractivity contribution in [3.8, 4) is 0 Å². The summed E-state index contributed by atoms with van der Waals surface area (Å²) >= 11 is 0. The van der Waals surface area contributed by atoms with Gasteiger partial charge in [-0.1, -0.05) is 0 Å². The Morgan fingerprint density at radius 3 is 0.564 bits per heavy atom. The number of ether oxygens (including phenoxy) is 11. The molecule has 0 aromatic heterocycles. The monoisotopic (exact) mass is 850 g/mol. The van der Waals surface area contributed by atoms with Gasteiger partial charge >= 0.3 is 48.0 Å². The number of hydrogen-bond acceptors (Lipinski definition) is 13. The van der Waals surface area contributed by atoms with Crippen molar-refractivity contribution in [2.24, 2.45) is 0 Å². The van der Waals surface area contributed by atoms with E-state index < -0.39 is 74.4 Å². The van der Waals surface area contributed by atoms with Crippen LogP contribution in [0.1, 0.15) is 0 Å². The van der Waals surface area contributed by atoms with Crippen molar-refractivity contribution in [2.75, 3.05) is 132 Å². The molecule has 0 spiro atoms. The Labute approximate surface area is 303 Å². The van der Waals surface area contributed by atoms with Crippen molar-refractivity contribution in [3.05, 3.63) is 0 Å². The molecule has 0 rings (SSSR count). The molecule has 0 radical (unpaired) electrons. The summed E-state index contributed by atoms with van der Waals surface area (Å²) in [4.78, 5) is 21.9. The lowest BCUT2D eigenvalue weighted by atomic mass is 10.1. The Bertz CT molecular complexity index is 957. The first kappa shape index (κ1) is 52.6. The van der Waals surface area contributed by atoms with Crippen LogP contribution in [0.25, 0.3) is 0 Å². The molecular formula is C28H40F14O13. The summed E-state index contributed by atoms with van der Waals surface area (Å²) in [5.41, 5.74) is 0. The van der Waals surface area contributed by atoms with E-state index >= 15 is 0 Å². The smallest absolute Gasteiger partial charge is 0.459 e. The van der Waals surface area contributed by atoms with Gasteiger partial charge in [0.1, 0.15) is 13.2 Å². The zero-order valence-electron chi connectivity index (χ0n) is 28.7. The lowest BCUT2D eigenvalue weighted by molar-refractivity contribution is -0.348. The van der Waals surface area contributed by atoms with E-state index in [4.69, 9.17) is 42.6 Å². The van der Waals surface area contributed by atoms with Crippen LogP contribution >= 0.6 is 0 Å². The minimum Gasteiger partial charge on any atom is -0.459 e. The maximum Gasteiger partial charge on any atom is 0.460 e. The average molecular weight is 851 g/mol. The first-order valence-corrected chi connectivity index (χ1v) is 15.7. The molecule has 328 valence electrons. The number of carbonyl (C=O) groups is 2. The number of esters is 2. The largest absolute Gasteiger partial charge is 0.460 e. The highest BCUT2D eigenvalue weighted by atomic mass is 19.4. The maximum atomic E-state index is 13.1. The first-order chi connectivity index (χ1) is 25.5. The van der Waals surface area contributed by atoms with Crippen LogP contribution in [0.2, 0.25) is 0 Å². The van der Waals surface area contributed by atoms with Gasteiger partial charge in [0.15, 0.2) is 0 Å². The van der Waals surface area contributed by atoms with Gasteiger partial charge in [-0.3, -0.25) is 0 Å². The van der Waals surface area contributed by atoms with Gasteiger partial charge in [0.2, 0.25) is 0 Å². The molecule has 0 amide bonds. The maximum absolute atomic E-state index is 13.1. The Hall–Kier alpha value is -2.40. The minimum absolute atomic E-state index is 0.0225. The van der Waals surface area contributed by atoms with Crippen LogP contribution in [-0.2, 0) is 61.7 Å². The molecule has 0 saturated carbocycles. The van der Waals surface area contributed by atoms with E-state index in [0.717, 1.165) is 0 Å². The minimum atomic E-state index is -6.66. The Morgan fingerprint density at radius 1 is 0.273 bits per heavy atom. The van der Waals surface area contributed by atoms with Crippen LogP contribution < -0.4 is 0 Å². The molecule has 0 aliphatic carbocycles. The third-order valence-electron chi connectivity index (χ3n) is 5.91. The summed E-state index contributed by atoms with van der Waals surface area (Å²) in [6.45, 7) is -0.868. The molecule has 0 atom stereocenters. The van der Waals surface area contributed by atoms with Crippen LogP contribution in [-0.4, -0.2) is 180 Å². The quantitative estimate of drug-likeness (QED) is 0.0527. The summed E-state index contributed by atoms with van der Waals surface area (Å²) in [5.74, 6) is -31.5. The average Bonchev–Trinajstić information content (AvgIpc) is 3.09. The van der Waals surface area contributed by atoms with Gasteiger partial charge in [-0.25, -0.2) is 9.59 Å². The number of rotatable bonds is 34. The second-order valence-electron chi connectivity index (χ2n) is 10.1. The van der Waals surface area contributed by atoms with Crippen LogP contribution in [0.15, 0.2) is 0 Å². The lowest BCUT2D eigenvalue weighted by Crippen LogP contribution is -2.56. The summed E-state index contributed by atoms with van der Waals surface area (Å²) in [6, 6.07) is 0. The molecule has 0 bridgehead atoms. The zero-order valence-corrected chi connectivity index (χ0v) is 28.7. The van der Waals surface area contributed by atoms with Crippen molar-refractivity contribution in [1.29, 1.82) is 0 Å². The van der Waals surface area contributed by atoms with Crippen LogP contribution in [0.3, 0.4) is 0 Å². The van der Waals surface area contributed by atoms with Crippen molar-refractivity contribution >= 4 is 11.9 Å². The van der Waals surface area contributed by atoms with Gasteiger partial charge in [0, 0.05) is 0 Å². The number of hydrogen-bond donors (Lipinski definition) is 0. The van der Waals surface area contributed by atoms with E-state index in [1.54, 1.807) is 0 Å². The molecule has 0 aromatic carbocycles. The Morgan fingerprint density at radius 2 is 0.418 bits per heavy atom. The van der Waals surface area contributed by atoms with Crippen molar-refractivity contribution < 1.29 is 123 Å².